The second-order valence-electron chi connectivity index (χ2n) is 11.0. The third kappa shape index (κ3) is 5.78. The molecule has 0 bridgehead atoms. The average molecular weight is 619 g/mol. The van der Waals surface area contributed by atoms with Crippen molar-refractivity contribution in [1.29, 1.82) is 0 Å². The first-order valence-corrected chi connectivity index (χ1v) is 14.6. The molecule has 0 unspecified atom stereocenters. The summed E-state index contributed by atoms with van der Waals surface area (Å²) in [5.74, 6) is -1.18. The van der Waals surface area contributed by atoms with Gasteiger partial charge in [0.15, 0.2) is 23.1 Å². The average Bonchev–Trinajstić information content (AvgIpc) is 3.87. The van der Waals surface area contributed by atoms with Crippen LogP contribution in [0.1, 0.15) is 25.7 Å². The van der Waals surface area contributed by atoms with Crippen molar-refractivity contribution in [3.63, 3.8) is 0 Å². The number of hydrogen-bond donors (Lipinski definition) is 2. The molecule has 1 aromatic heterocycles. The quantitative estimate of drug-likeness (QED) is 0.250. The van der Waals surface area contributed by atoms with Crippen molar-refractivity contribution in [2.45, 2.75) is 31.8 Å². The minimum Gasteiger partial charge on any atom is -0.486 e. The molecule has 2 fully saturated rings. The van der Waals surface area contributed by atoms with Gasteiger partial charge in [0.2, 0.25) is 23.4 Å². The van der Waals surface area contributed by atoms with Gasteiger partial charge in [-0.05, 0) is 49.2 Å². The maximum atomic E-state index is 15.3. The van der Waals surface area contributed by atoms with Crippen molar-refractivity contribution in [1.82, 2.24) is 9.97 Å². The molecule has 0 spiro atoms. The highest BCUT2D eigenvalue weighted by Gasteiger charge is 2.56. The van der Waals surface area contributed by atoms with Gasteiger partial charge in [-0.15, -0.1) is 0 Å². The number of rotatable bonds is 8. The van der Waals surface area contributed by atoms with E-state index in [-0.39, 0.29) is 30.0 Å². The van der Waals surface area contributed by atoms with Crippen molar-refractivity contribution in [2.75, 3.05) is 37.1 Å². The van der Waals surface area contributed by atoms with Crippen LogP contribution in [0.15, 0.2) is 54.9 Å². The molecule has 1 saturated carbocycles. The Morgan fingerprint density at radius 3 is 2.22 bits per heavy atom. The van der Waals surface area contributed by atoms with Crippen molar-refractivity contribution < 1.29 is 42.1 Å². The van der Waals surface area contributed by atoms with E-state index in [4.69, 9.17) is 23.7 Å². The Morgan fingerprint density at radius 2 is 1.51 bits per heavy atom. The van der Waals surface area contributed by atoms with Gasteiger partial charge in [-0.1, -0.05) is 0 Å². The van der Waals surface area contributed by atoms with E-state index in [2.05, 4.69) is 20.6 Å². The fourth-order valence-electron chi connectivity index (χ4n) is 5.30. The lowest BCUT2D eigenvalue weighted by molar-refractivity contribution is -0.131. The van der Waals surface area contributed by atoms with Crippen LogP contribution in [0, 0.1) is 17.0 Å². The second kappa shape index (κ2) is 11.8. The zero-order valence-electron chi connectivity index (χ0n) is 23.9. The highest BCUT2D eigenvalue weighted by Crippen LogP contribution is 2.49. The van der Waals surface area contributed by atoms with Crippen LogP contribution in [0.5, 0.6) is 28.9 Å². The summed E-state index contributed by atoms with van der Waals surface area (Å²) < 4.78 is 58.0. The van der Waals surface area contributed by atoms with E-state index < -0.39 is 28.9 Å². The van der Waals surface area contributed by atoms with Crippen LogP contribution in [0.3, 0.4) is 0 Å². The number of carbonyl (C=O) groups excluding carboxylic acids is 2. The molecule has 3 heterocycles. The van der Waals surface area contributed by atoms with Gasteiger partial charge in [0.25, 0.3) is 0 Å². The summed E-state index contributed by atoms with van der Waals surface area (Å²) in [5.41, 5.74) is -0.327. The number of nitrogens with zero attached hydrogens (tertiary/aromatic N) is 2. The third-order valence-corrected chi connectivity index (χ3v) is 7.92. The first-order valence-electron chi connectivity index (χ1n) is 14.6. The number of carbonyl (C=O) groups is 2. The summed E-state index contributed by atoms with van der Waals surface area (Å²) in [4.78, 5) is 34.5. The zero-order valence-corrected chi connectivity index (χ0v) is 23.9. The van der Waals surface area contributed by atoms with Crippen LogP contribution in [0.2, 0.25) is 0 Å². The van der Waals surface area contributed by atoms with Crippen LogP contribution in [0.4, 0.5) is 20.2 Å². The molecule has 1 saturated heterocycles. The molecule has 45 heavy (non-hydrogen) atoms. The lowest BCUT2D eigenvalue weighted by atomic mass is 10.0. The number of amides is 2. The van der Waals surface area contributed by atoms with Crippen molar-refractivity contribution >= 4 is 34.1 Å². The summed E-state index contributed by atoms with van der Waals surface area (Å²) in [6, 6.07) is 10.9. The lowest BCUT2D eigenvalue weighted by Crippen LogP contribution is -2.35. The monoisotopic (exact) mass is 618 g/mol. The van der Waals surface area contributed by atoms with Crippen molar-refractivity contribution in [2.24, 2.45) is 5.41 Å². The number of benzene rings is 3. The predicted octanol–water partition coefficient (Wildman–Crippen LogP) is 5.39. The molecule has 3 aromatic carbocycles. The Hall–Kier alpha value is -5.04. The predicted molar refractivity (Wildman–Crippen MR) is 157 cm³/mol. The molecule has 4 aromatic rings. The minimum absolute atomic E-state index is 0.0458. The molecule has 232 valence electrons. The Kier molecular flexibility index (Phi) is 7.53. The van der Waals surface area contributed by atoms with Crippen LogP contribution >= 0.6 is 0 Å². The minimum atomic E-state index is -1.30. The fourth-order valence-corrected chi connectivity index (χ4v) is 5.30. The molecule has 0 radical (unpaired) electrons. The van der Waals surface area contributed by atoms with Gasteiger partial charge in [0, 0.05) is 36.3 Å². The van der Waals surface area contributed by atoms with Gasteiger partial charge in [-0.3, -0.25) is 9.59 Å². The third-order valence-electron chi connectivity index (χ3n) is 7.92. The van der Waals surface area contributed by atoms with Gasteiger partial charge in [0.05, 0.1) is 18.7 Å². The fraction of sp³-hybridized carbons (Fsp3) is 0.312. The van der Waals surface area contributed by atoms with E-state index in [1.807, 2.05) is 0 Å². The van der Waals surface area contributed by atoms with Gasteiger partial charge in [-0.25, -0.2) is 18.7 Å². The van der Waals surface area contributed by atoms with E-state index in [0.29, 0.717) is 66.5 Å². The Bertz CT molecular complexity index is 1780. The van der Waals surface area contributed by atoms with E-state index in [9.17, 15) is 14.0 Å². The first kappa shape index (κ1) is 28.7. The van der Waals surface area contributed by atoms with Gasteiger partial charge in [-0.2, -0.15) is 0 Å². The molecule has 2 aliphatic heterocycles. The van der Waals surface area contributed by atoms with E-state index in [1.165, 1.54) is 42.7 Å². The standard InChI is InChI=1S/C32H28F2N4O7/c33-18-1-3-19(4-2-18)37-30(39)32(9-10-32)31(40)38-20-5-6-24(22(34)15-20)45-29-26-23(35-17-36-29)16-25(27-28(26)43-14-13-42-27)44-21-7-11-41-12-8-21/h1-6,15-17,21H,7-14H2,(H,37,39)(H,38,40). The molecule has 11 nitrogen and oxygen atoms in total. The maximum absolute atomic E-state index is 15.3. The highest BCUT2D eigenvalue weighted by atomic mass is 19.1. The molecule has 13 heteroatoms. The number of nitrogens with one attached hydrogen (secondary N) is 2. The zero-order chi connectivity index (χ0) is 31.0. The van der Waals surface area contributed by atoms with Crippen molar-refractivity contribution in [3.05, 3.63) is 66.5 Å². The maximum Gasteiger partial charge on any atom is 0.240 e. The largest absolute Gasteiger partial charge is 0.486 e. The second-order valence-corrected chi connectivity index (χ2v) is 11.0. The topological polar surface area (TPSA) is 130 Å². The molecular weight excluding hydrogens is 590 g/mol. The number of fused-ring (bicyclic) bond motifs is 3. The molecule has 0 atom stereocenters. The number of halogens is 2. The van der Waals surface area contributed by atoms with Crippen LogP contribution in [-0.4, -0.2) is 54.3 Å². The number of anilines is 2. The molecule has 2 N–H and O–H groups in total. The van der Waals surface area contributed by atoms with E-state index >= 15 is 4.39 Å². The molecular formula is C32H28F2N4O7. The van der Waals surface area contributed by atoms with Gasteiger partial charge in [0.1, 0.15) is 42.3 Å². The number of hydrogen-bond acceptors (Lipinski definition) is 9. The Morgan fingerprint density at radius 1 is 0.822 bits per heavy atom. The summed E-state index contributed by atoms with van der Waals surface area (Å²) in [6.07, 6.45) is 3.39. The molecule has 1 aliphatic carbocycles. The summed E-state index contributed by atoms with van der Waals surface area (Å²) >= 11 is 0. The molecule has 3 aliphatic rings. The normalized spacial score (nSPS) is 16.9. The SMILES string of the molecule is O=C(Nc1ccc(F)cc1)C1(C(=O)Nc2ccc(Oc3ncnc4cc(OC5CCOCC5)c5c(c34)OCCO5)c(F)c2)CC1. The van der Waals surface area contributed by atoms with Crippen LogP contribution in [-0.2, 0) is 14.3 Å². The number of ether oxygens (including phenoxy) is 5. The summed E-state index contributed by atoms with van der Waals surface area (Å²) in [6.45, 7) is 1.83. The van der Waals surface area contributed by atoms with E-state index in [0.717, 1.165) is 18.9 Å². The molecule has 7 rings (SSSR count). The summed E-state index contributed by atoms with van der Waals surface area (Å²) in [5, 5.41) is 5.66. The Labute approximate surface area is 255 Å². The Balaban J connectivity index is 1.09. The lowest BCUT2D eigenvalue weighted by Gasteiger charge is -2.27. The summed E-state index contributed by atoms with van der Waals surface area (Å²) in [7, 11) is 0. The van der Waals surface area contributed by atoms with Crippen LogP contribution < -0.4 is 29.6 Å². The van der Waals surface area contributed by atoms with Crippen molar-refractivity contribution in [3.8, 4) is 28.9 Å². The highest BCUT2D eigenvalue weighted by molar-refractivity contribution is 6.16. The van der Waals surface area contributed by atoms with E-state index in [1.54, 1.807) is 6.07 Å². The number of aromatic nitrogens is 2. The smallest absolute Gasteiger partial charge is 0.240 e. The van der Waals surface area contributed by atoms with Gasteiger partial charge >= 0.3 is 0 Å². The van der Waals surface area contributed by atoms with Crippen LogP contribution in [0.25, 0.3) is 10.9 Å². The molecule has 2 amide bonds. The van der Waals surface area contributed by atoms with Gasteiger partial charge < -0.3 is 34.3 Å². The first-order chi connectivity index (χ1) is 21.9.